The molecule has 0 radical (unpaired) electrons. The van der Waals surface area contributed by atoms with Crippen molar-refractivity contribution < 1.29 is 39.1 Å². The van der Waals surface area contributed by atoms with Crippen LogP contribution in [0.5, 0.6) is 0 Å². The van der Waals surface area contributed by atoms with Crippen molar-refractivity contribution in [3.8, 4) is 22.4 Å². The number of aromatic nitrogens is 1. The summed E-state index contributed by atoms with van der Waals surface area (Å²) in [5, 5.41) is 0.678. The van der Waals surface area contributed by atoms with Crippen molar-refractivity contribution in [1.82, 2.24) is 0 Å². The van der Waals surface area contributed by atoms with E-state index in [1.54, 1.807) is 36.7 Å². The van der Waals surface area contributed by atoms with Gasteiger partial charge in [-0.05, 0) is 72.0 Å². The van der Waals surface area contributed by atoms with Crippen LogP contribution in [-0.4, -0.2) is 0 Å². The fraction of sp³-hybridized carbons (Fsp3) is 0.395. The lowest BCUT2D eigenvalue weighted by molar-refractivity contribution is -0.660. The molecule has 0 unspecified atom stereocenters. The Hall–Kier alpha value is -3.39. The highest BCUT2D eigenvalue weighted by atomic mass is 16.3. The van der Waals surface area contributed by atoms with E-state index < -0.39 is 81.2 Å². The highest BCUT2D eigenvalue weighted by molar-refractivity contribution is 6.14. The first-order valence-electron chi connectivity index (χ1n) is 23.9. The van der Waals surface area contributed by atoms with E-state index in [0.717, 1.165) is 12.1 Å². The first-order chi connectivity index (χ1) is 27.7. The Bertz CT molecular complexity index is 2540. The summed E-state index contributed by atoms with van der Waals surface area (Å²) in [4.78, 5) is 0. The summed E-state index contributed by atoms with van der Waals surface area (Å²) in [7, 11) is 1.60. The number of benzene rings is 3. The minimum absolute atomic E-state index is 0.0633. The van der Waals surface area contributed by atoms with E-state index >= 15 is 0 Å². The van der Waals surface area contributed by atoms with Gasteiger partial charge in [0.25, 0.3) is 0 Å². The number of hydrogen-bond acceptors (Lipinski definition) is 1. The van der Waals surface area contributed by atoms with Gasteiger partial charge in [0.1, 0.15) is 18.2 Å². The molecule has 0 fully saturated rings. The van der Waals surface area contributed by atoms with Crippen LogP contribution < -0.4 is 4.57 Å². The zero-order chi connectivity index (χ0) is 47.4. The molecule has 2 heteroatoms. The molecule has 5 aromatic rings. The van der Waals surface area contributed by atoms with Gasteiger partial charge >= 0.3 is 0 Å². The normalized spacial score (nSPS) is 25.4. The van der Waals surface area contributed by atoms with Crippen LogP contribution in [0.25, 0.3) is 44.3 Å². The Kier molecular flexibility index (Phi) is 2.76. The van der Waals surface area contributed by atoms with Crippen molar-refractivity contribution in [2.24, 2.45) is 18.8 Å². The first kappa shape index (κ1) is 11.5. The Morgan fingerprint density at radius 3 is 2.23 bits per heavy atom. The fourth-order valence-electron chi connectivity index (χ4n) is 6.06. The van der Waals surface area contributed by atoms with E-state index in [4.69, 9.17) is 26.3 Å². The third-order valence-corrected chi connectivity index (χ3v) is 7.72. The van der Waals surface area contributed by atoms with Gasteiger partial charge in [-0.2, -0.15) is 0 Å². The number of fused-ring (bicyclic) bond motifs is 7. The van der Waals surface area contributed by atoms with Gasteiger partial charge in [0.15, 0.2) is 6.20 Å². The summed E-state index contributed by atoms with van der Waals surface area (Å²) >= 11 is 0. The van der Waals surface area contributed by atoms with Crippen LogP contribution in [0.4, 0.5) is 0 Å². The molecule has 0 N–H and O–H groups in total. The van der Waals surface area contributed by atoms with Gasteiger partial charge in [-0.1, -0.05) is 89.8 Å². The molecule has 2 aromatic heterocycles. The zero-order valence-corrected chi connectivity index (χ0v) is 22.6. The molecule has 3 aromatic carbocycles. The van der Waals surface area contributed by atoms with Gasteiger partial charge in [-0.3, -0.25) is 0 Å². The summed E-state index contributed by atoms with van der Waals surface area (Å²) in [5.41, 5.74) is -3.78. The summed E-state index contributed by atoms with van der Waals surface area (Å²) in [6, 6.07) is 12.4. The summed E-state index contributed by atoms with van der Waals surface area (Å²) in [6.45, 7) is -14.3. The maximum atomic E-state index is 9.77. The Balaban J connectivity index is 1.88. The first-order valence-corrected chi connectivity index (χ1v) is 12.9. The molecule has 0 bridgehead atoms. The number of rotatable bonds is 6. The molecular weight excluding hydrogens is 486 g/mol. The van der Waals surface area contributed by atoms with E-state index in [2.05, 4.69) is 0 Å². The molecule has 206 valence electrons. The zero-order valence-electron chi connectivity index (χ0n) is 44.6. The minimum atomic E-state index is -4.33. The van der Waals surface area contributed by atoms with Gasteiger partial charge in [-0.25, -0.2) is 4.57 Å². The molecule has 2 heterocycles. The second kappa shape index (κ2) is 9.61. The lowest BCUT2D eigenvalue weighted by Gasteiger charge is -2.35. The van der Waals surface area contributed by atoms with Gasteiger partial charge < -0.3 is 4.42 Å². The van der Waals surface area contributed by atoms with E-state index in [9.17, 15) is 8.22 Å². The summed E-state index contributed by atoms with van der Waals surface area (Å²) in [5.74, 6) is -10.1. The number of hydrogen-bond donors (Lipinski definition) is 0. The van der Waals surface area contributed by atoms with Gasteiger partial charge in [-0.15, -0.1) is 0 Å². The predicted octanol–water partition coefficient (Wildman–Crippen LogP) is 10.2. The van der Waals surface area contributed by atoms with Crippen LogP contribution in [0.15, 0.2) is 65.2 Å². The largest absolute Gasteiger partial charge is 0.454 e. The van der Waals surface area contributed by atoms with Crippen LogP contribution >= 0.6 is 0 Å². The molecule has 6 rings (SSSR count). The standard InChI is InChI=1S/C38H44NO/c1-22(2)19-38(20-23(3)4)31-13-11-10-12-29(31)35-32(38)17-16-28-27-15-14-25(7)34(36(27)40-37(28)35)33-18-30(24(5)6)26(8)21-39(33)9/h10-18,21-24H,19-20H2,1-9H3/q+1/i1D3,2D3,3D3,4D3,8D3,19D2,20D2,22D,23D,24D. The molecule has 40 heavy (non-hydrogen) atoms. The lowest BCUT2D eigenvalue weighted by atomic mass is 9.68. The molecule has 1 aliphatic carbocycles. The van der Waals surface area contributed by atoms with Crippen LogP contribution in [0, 0.1) is 25.6 Å². The van der Waals surface area contributed by atoms with E-state index in [-0.39, 0.29) is 38.8 Å². The van der Waals surface area contributed by atoms with E-state index in [0.29, 0.717) is 22.2 Å². The SMILES string of the molecule is [2H]C([2H])([2H])c1c[n+](C)c(-c2c(C)ccc3c2oc2c4c(ccc23)C(C([2H])([2H])C([2H])(C([2H])([2H])[2H])C([2H])([2H])[2H])(C([2H])([2H])C([2H])(C([2H])([2H])[2H])C([2H])([2H])[2H])c2ccccc2-4)cc1C([2H])(C)C. The highest BCUT2D eigenvalue weighted by Crippen LogP contribution is 2.57. The van der Waals surface area contributed by atoms with Crippen molar-refractivity contribution in [3.05, 3.63) is 88.6 Å². The smallest absolute Gasteiger partial charge is 0.216 e. The van der Waals surface area contributed by atoms with E-state index in [1.165, 1.54) is 44.3 Å². The topological polar surface area (TPSA) is 17.0 Å². The lowest BCUT2D eigenvalue weighted by Crippen LogP contribution is -2.32. The van der Waals surface area contributed by atoms with Crippen molar-refractivity contribution >= 4 is 21.9 Å². The Morgan fingerprint density at radius 2 is 1.55 bits per heavy atom. The third-order valence-electron chi connectivity index (χ3n) is 7.72. The molecule has 0 spiro atoms. The number of nitrogens with zero attached hydrogens (tertiary/aromatic N) is 1. The Morgan fingerprint density at radius 1 is 0.875 bits per heavy atom. The van der Waals surface area contributed by atoms with E-state index in [1.807, 2.05) is 0 Å². The van der Waals surface area contributed by atoms with Crippen LogP contribution in [-0.2, 0) is 12.5 Å². The molecule has 0 amide bonds. The molecule has 0 saturated heterocycles. The summed E-state index contributed by atoms with van der Waals surface area (Å²) < 4.78 is 200. The molecule has 0 atom stereocenters. The van der Waals surface area contributed by atoms with Crippen molar-refractivity contribution in [3.63, 3.8) is 0 Å². The molecule has 0 aliphatic heterocycles. The van der Waals surface area contributed by atoms with Gasteiger partial charge in [0, 0.05) is 63.5 Å². The predicted molar refractivity (Wildman–Crippen MR) is 169 cm³/mol. The maximum absolute atomic E-state index is 9.77. The minimum Gasteiger partial charge on any atom is -0.454 e. The molecular formula is C38H44NO+. The van der Waals surface area contributed by atoms with Crippen LogP contribution in [0.2, 0.25) is 0 Å². The molecule has 2 nitrogen and oxygen atoms in total. The van der Waals surface area contributed by atoms with Crippen LogP contribution in [0.1, 0.15) is 118 Å². The molecule has 0 saturated carbocycles. The second-order valence-electron chi connectivity index (χ2n) is 10.5. The second-order valence-corrected chi connectivity index (χ2v) is 10.5. The van der Waals surface area contributed by atoms with Gasteiger partial charge in [0.2, 0.25) is 5.69 Å². The third kappa shape index (κ3) is 3.94. The average Bonchev–Trinajstić information content (AvgIpc) is 3.62. The van der Waals surface area contributed by atoms with Crippen molar-refractivity contribution in [2.75, 3.05) is 0 Å². The fourth-order valence-corrected chi connectivity index (χ4v) is 6.06. The highest BCUT2D eigenvalue weighted by Gasteiger charge is 2.45. The average molecular weight is 553 g/mol. The van der Waals surface area contributed by atoms with Crippen LogP contribution in [0.3, 0.4) is 0 Å². The maximum Gasteiger partial charge on any atom is 0.216 e. The number of aryl methyl sites for hydroxylation is 3. The Labute approximate surface area is 271 Å². The number of pyridine rings is 1. The summed E-state index contributed by atoms with van der Waals surface area (Å²) in [6.07, 6.45) is -7.24. The number of furan rings is 1. The van der Waals surface area contributed by atoms with Crippen molar-refractivity contribution in [1.29, 1.82) is 0 Å². The monoisotopic (exact) mass is 552 g/mol. The van der Waals surface area contributed by atoms with Gasteiger partial charge in [0.05, 0.1) is 5.56 Å². The molecule has 1 aliphatic rings. The quantitative estimate of drug-likeness (QED) is 0.192. The van der Waals surface area contributed by atoms with Crippen molar-refractivity contribution in [2.45, 2.75) is 79.1 Å².